The predicted octanol–water partition coefficient (Wildman–Crippen LogP) is -0.0652. The van der Waals surface area contributed by atoms with Crippen molar-refractivity contribution in [1.82, 2.24) is 16.0 Å². The first-order valence-electron chi connectivity index (χ1n) is 6.59. The number of nitrogens with one attached hydrogen (secondary N) is 3. The number of rotatable bonds is 11. The van der Waals surface area contributed by atoms with E-state index in [1.165, 1.54) is 11.8 Å². The number of unbranched alkanes of at least 4 members (excludes halogenated alkanes) is 1. The van der Waals surface area contributed by atoms with Gasteiger partial charge in [-0.1, -0.05) is 13.3 Å². The molecule has 4 N–H and O–H groups in total. The number of hydrogen-bond donors (Lipinski definition) is 4. The van der Waals surface area contributed by atoms with Crippen molar-refractivity contribution < 1.29 is 24.3 Å². The van der Waals surface area contributed by atoms with Gasteiger partial charge in [0, 0.05) is 6.54 Å². The third-order valence-electron chi connectivity index (χ3n) is 2.42. The summed E-state index contributed by atoms with van der Waals surface area (Å²) in [4.78, 5) is 43.6. The molecule has 0 bridgehead atoms. The van der Waals surface area contributed by atoms with E-state index < -0.39 is 23.9 Å². The molecule has 9 heteroatoms. The first kappa shape index (κ1) is 19.2. The Labute approximate surface area is 127 Å². The van der Waals surface area contributed by atoms with Gasteiger partial charge in [-0.25, -0.2) is 9.59 Å². The minimum absolute atomic E-state index is 0.0502. The summed E-state index contributed by atoms with van der Waals surface area (Å²) in [5.74, 6) is -1.14. The van der Waals surface area contributed by atoms with Gasteiger partial charge in [0.2, 0.25) is 12.3 Å². The van der Waals surface area contributed by atoms with Crippen LogP contribution in [-0.4, -0.2) is 53.5 Å². The minimum Gasteiger partial charge on any atom is -0.480 e. The van der Waals surface area contributed by atoms with E-state index in [-0.39, 0.29) is 12.2 Å². The van der Waals surface area contributed by atoms with Crippen molar-refractivity contribution in [1.29, 1.82) is 0 Å². The molecule has 0 aliphatic heterocycles. The van der Waals surface area contributed by atoms with Crippen LogP contribution in [-0.2, 0) is 14.4 Å². The monoisotopic (exact) mass is 319 g/mol. The number of hydrogen-bond acceptors (Lipinski definition) is 5. The van der Waals surface area contributed by atoms with E-state index in [2.05, 4.69) is 16.0 Å². The largest absolute Gasteiger partial charge is 0.480 e. The van der Waals surface area contributed by atoms with E-state index >= 15 is 0 Å². The van der Waals surface area contributed by atoms with Crippen LogP contribution in [0.25, 0.3) is 0 Å². The highest BCUT2D eigenvalue weighted by Gasteiger charge is 2.16. The highest BCUT2D eigenvalue weighted by molar-refractivity contribution is 7.99. The summed E-state index contributed by atoms with van der Waals surface area (Å²) in [6.45, 7) is 2.51. The summed E-state index contributed by atoms with van der Waals surface area (Å²) in [5, 5.41) is 15.7. The van der Waals surface area contributed by atoms with Crippen molar-refractivity contribution in [2.45, 2.75) is 32.2 Å². The number of carbonyl (C=O) groups excluding carboxylic acids is 3. The SMILES string of the molecule is CCCCNC(=O)NC(=O)CSCCC(NC=O)C(=O)O. The number of imide groups is 1. The van der Waals surface area contributed by atoms with Crippen molar-refractivity contribution in [3.8, 4) is 0 Å². The maximum absolute atomic E-state index is 11.4. The lowest BCUT2D eigenvalue weighted by molar-refractivity contribution is -0.140. The zero-order valence-electron chi connectivity index (χ0n) is 11.9. The Hall–Kier alpha value is -1.77. The fourth-order valence-corrected chi connectivity index (χ4v) is 2.12. The average molecular weight is 319 g/mol. The van der Waals surface area contributed by atoms with E-state index in [1.807, 2.05) is 6.92 Å². The van der Waals surface area contributed by atoms with Gasteiger partial charge in [-0.3, -0.25) is 14.9 Å². The van der Waals surface area contributed by atoms with Gasteiger partial charge in [0.05, 0.1) is 5.75 Å². The molecule has 0 saturated carbocycles. The third-order valence-corrected chi connectivity index (χ3v) is 3.41. The molecule has 0 radical (unpaired) electrons. The molecule has 0 aliphatic rings. The highest BCUT2D eigenvalue weighted by Crippen LogP contribution is 2.04. The quantitative estimate of drug-likeness (QED) is 0.312. The van der Waals surface area contributed by atoms with Crippen LogP contribution < -0.4 is 16.0 Å². The van der Waals surface area contributed by atoms with Gasteiger partial charge in [0.25, 0.3) is 0 Å². The molecule has 0 rings (SSSR count). The molecule has 120 valence electrons. The lowest BCUT2D eigenvalue weighted by Crippen LogP contribution is -2.40. The van der Waals surface area contributed by atoms with Crippen molar-refractivity contribution in [3.63, 3.8) is 0 Å². The maximum atomic E-state index is 11.4. The summed E-state index contributed by atoms with van der Waals surface area (Å²) in [6, 6.07) is -1.49. The number of thioether (sulfide) groups is 1. The van der Waals surface area contributed by atoms with E-state index in [0.29, 0.717) is 18.7 Å². The van der Waals surface area contributed by atoms with Crippen molar-refractivity contribution in [2.75, 3.05) is 18.1 Å². The normalized spacial score (nSPS) is 11.3. The Morgan fingerprint density at radius 2 is 2.05 bits per heavy atom. The van der Waals surface area contributed by atoms with Crippen molar-refractivity contribution in [3.05, 3.63) is 0 Å². The van der Waals surface area contributed by atoms with Gasteiger partial charge in [-0.2, -0.15) is 11.8 Å². The number of urea groups is 1. The molecule has 0 aromatic heterocycles. The first-order chi connectivity index (χ1) is 10.0. The van der Waals surface area contributed by atoms with Crippen LogP contribution >= 0.6 is 11.8 Å². The fourth-order valence-electron chi connectivity index (χ4n) is 1.31. The average Bonchev–Trinajstić information content (AvgIpc) is 2.42. The molecule has 4 amide bonds. The standard InChI is InChI=1S/C12H21N3O5S/c1-2-3-5-13-12(20)15-10(17)7-21-6-4-9(11(18)19)14-8-16/h8-9H,2-7H2,1H3,(H,14,16)(H,18,19)(H2,13,15,17,20). The Morgan fingerprint density at radius 3 is 2.62 bits per heavy atom. The number of carboxylic acids is 1. The maximum Gasteiger partial charge on any atom is 0.326 e. The minimum atomic E-state index is -1.12. The summed E-state index contributed by atoms with van der Waals surface area (Å²) in [6.07, 6.45) is 2.33. The second kappa shape index (κ2) is 12.0. The number of aliphatic carboxylic acids is 1. The van der Waals surface area contributed by atoms with E-state index in [4.69, 9.17) is 5.11 Å². The van der Waals surface area contributed by atoms with Gasteiger partial charge >= 0.3 is 12.0 Å². The van der Waals surface area contributed by atoms with Crippen molar-refractivity contribution >= 4 is 36.1 Å². The van der Waals surface area contributed by atoms with Crippen LogP contribution in [0.2, 0.25) is 0 Å². The van der Waals surface area contributed by atoms with Gasteiger partial charge in [-0.05, 0) is 18.6 Å². The molecule has 0 aromatic carbocycles. The molecule has 0 heterocycles. The van der Waals surface area contributed by atoms with Gasteiger partial charge in [-0.15, -0.1) is 0 Å². The van der Waals surface area contributed by atoms with Crippen LogP contribution in [0.5, 0.6) is 0 Å². The first-order valence-corrected chi connectivity index (χ1v) is 7.74. The van der Waals surface area contributed by atoms with Crippen molar-refractivity contribution in [2.24, 2.45) is 0 Å². The Balaban J connectivity index is 3.76. The molecule has 1 unspecified atom stereocenters. The molecule has 0 aliphatic carbocycles. The smallest absolute Gasteiger partial charge is 0.326 e. The number of carbonyl (C=O) groups is 4. The molecule has 1 atom stereocenters. The van der Waals surface area contributed by atoms with Crippen LogP contribution in [0.1, 0.15) is 26.2 Å². The van der Waals surface area contributed by atoms with Crippen LogP contribution in [0.4, 0.5) is 4.79 Å². The van der Waals surface area contributed by atoms with E-state index in [1.54, 1.807) is 0 Å². The molecule has 0 spiro atoms. The van der Waals surface area contributed by atoms with Gasteiger partial charge < -0.3 is 15.7 Å². The second-order valence-corrected chi connectivity index (χ2v) is 5.28. The topological polar surface area (TPSA) is 125 Å². The molecule has 0 saturated heterocycles. The molecular weight excluding hydrogens is 298 g/mol. The molecule has 0 aromatic rings. The van der Waals surface area contributed by atoms with Gasteiger partial charge in [0.15, 0.2) is 0 Å². The number of amides is 4. The third kappa shape index (κ3) is 10.7. The predicted molar refractivity (Wildman–Crippen MR) is 79.0 cm³/mol. The lowest BCUT2D eigenvalue weighted by atomic mass is 10.2. The van der Waals surface area contributed by atoms with E-state index in [0.717, 1.165) is 12.8 Å². The molecule has 0 fully saturated rings. The lowest BCUT2D eigenvalue weighted by Gasteiger charge is -2.10. The number of carboxylic acid groups (broad SMARTS) is 1. The summed E-state index contributed by atoms with van der Waals surface area (Å²) >= 11 is 1.19. The summed E-state index contributed by atoms with van der Waals surface area (Å²) in [5.41, 5.74) is 0. The molecule has 8 nitrogen and oxygen atoms in total. The van der Waals surface area contributed by atoms with Crippen LogP contribution in [0, 0.1) is 0 Å². The zero-order chi connectivity index (χ0) is 16.1. The summed E-state index contributed by atoms with van der Waals surface area (Å²) < 4.78 is 0. The van der Waals surface area contributed by atoms with Crippen LogP contribution in [0.3, 0.4) is 0 Å². The Bertz CT molecular complexity index is 365. The Kier molecular flexibility index (Phi) is 11.0. The highest BCUT2D eigenvalue weighted by atomic mass is 32.2. The molecule has 21 heavy (non-hydrogen) atoms. The van der Waals surface area contributed by atoms with Gasteiger partial charge in [0.1, 0.15) is 6.04 Å². The zero-order valence-corrected chi connectivity index (χ0v) is 12.7. The Morgan fingerprint density at radius 1 is 1.33 bits per heavy atom. The molecular formula is C12H21N3O5S. The second-order valence-electron chi connectivity index (χ2n) is 4.17. The summed E-state index contributed by atoms with van der Waals surface area (Å²) in [7, 11) is 0. The fraction of sp³-hybridized carbons (Fsp3) is 0.667. The van der Waals surface area contributed by atoms with E-state index in [9.17, 15) is 19.2 Å². The van der Waals surface area contributed by atoms with Crippen LogP contribution in [0.15, 0.2) is 0 Å².